The number of thiazole rings is 1. The molecule has 0 atom stereocenters. The fraction of sp³-hybridized carbons (Fsp3) is 0.231. The van der Waals surface area contributed by atoms with Gasteiger partial charge in [0.25, 0.3) is 0 Å². The Hall–Kier alpha value is -1.68. The number of anilines is 1. The smallest absolute Gasteiger partial charge is 0.212 e. The number of carbonyl (C=O) groups excluding carboxylic acids is 1. The van der Waals surface area contributed by atoms with Crippen LogP contribution in [-0.4, -0.2) is 10.8 Å². The van der Waals surface area contributed by atoms with E-state index >= 15 is 0 Å². The number of hydrogen-bond donors (Lipinski definition) is 1. The lowest BCUT2D eigenvalue weighted by Crippen LogP contribution is -2.07. The summed E-state index contributed by atoms with van der Waals surface area (Å²) in [6.45, 7) is 5.92. The summed E-state index contributed by atoms with van der Waals surface area (Å²) in [4.78, 5) is 16.3. The predicted octanol–water partition coefficient (Wildman–Crippen LogP) is 2.88. The van der Waals surface area contributed by atoms with Crippen molar-refractivity contribution < 1.29 is 4.79 Å². The average Bonchev–Trinajstić information content (AvgIpc) is 2.63. The third kappa shape index (κ3) is 2.22. The molecule has 0 spiro atoms. The number of benzene rings is 1. The minimum absolute atomic E-state index is 0.0482. The van der Waals surface area contributed by atoms with Crippen molar-refractivity contribution in [2.75, 3.05) is 5.73 Å². The van der Waals surface area contributed by atoms with Crippen molar-refractivity contribution in [2.45, 2.75) is 20.8 Å². The van der Waals surface area contributed by atoms with Gasteiger partial charge in [-0.2, -0.15) is 0 Å². The van der Waals surface area contributed by atoms with Gasteiger partial charge < -0.3 is 5.73 Å². The van der Waals surface area contributed by atoms with Gasteiger partial charge in [-0.05, 0) is 31.9 Å². The number of nitrogens with two attached hydrogens (primary N) is 1. The van der Waals surface area contributed by atoms with Gasteiger partial charge in [-0.1, -0.05) is 17.7 Å². The maximum atomic E-state index is 12.3. The molecule has 2 aromatic rings. The van der Waals surface area contributed by atoms with Gasteiger partial charge in [-0.15, -0.1) is 11.3 Å². The van der Waals surface area contributed by atoms with Crippen molar-refractivity contribution in [2.24, 2.45) is 0 Å². The standard InChI is InChI=1S/C13H14N2OS/c1-7-4-8(2)11(9(3)5-7)12(16)10-6-17-13(14)15-10/h4-6H,1-3H3,(H2,14,15). The molecule has 2 N–H and O–H groups in total. The Kier molecular flexibility index (Phi) is 2.98. The molecule has 17 heavy (non-hydrogen) atoms. The van der Waals surface area contributed by atoms with Crippen LogP contribution in [0.2, 0.25) is 0 Å². The first-order chi connectivity index (χ1) is 7.99. The zero-order chi connectivity index (χ0) is 12.6. The Labute approximate surface area is 104 Å². The van der Waals surface area contributed by atoms with E-state index in [1.165, 1.54) is 11.3 Å². The van der Waals surface area contributed by atoms with Crippen molar-refractivity contribution in [3.63, 3.8) is 0 Å². The van der Waals surface area contributed by atoms with Crippen molar-refractivity contribution in [3.8, 4) is 0 Å². The molecule has 1 aromatic carbocycles. The first-order valence-corrected chi connectivity index (χ1v) is 6.20. The molecule has 1 aromatic heterocycles. The van der Waals surface area contributed by atoms with Gasteiger partial charge in [0.15, 0.2) is 5.13 Å². The molecular formula is C13H14N2OS. The van der Waals surface area contributed by atoms with E-state index in [0.717, 1.165) is 22.3 Å². The number of nitrogen functional groups attached to an aromatic ring is 1. The molecule has 0 aliphatic carbocycles. The molecule has 0 fully saturated rings. The Morgan fingerprint density at radius 1 is 1.24 bits per heavy atom. The Balaban J connectivity index is 2.51. The van der Waals surface area contributed by atoms with E-state index in [-0.39, 0.29) is 5.78 Å². The van der Waals surface area contributed by atoms with E-state index in [4.69, 9.17) is 5.73 Å². The Morgan fingerprint density at radius 3 is 2.29 bits per heavy atom. The van der Waals surface area contributed by atoms with E-state index in [9.17, 15) is 4.79 Å². The van der Waals surface area contributed by atoms with Gasteiger partial charge in [0, 0.05) is 10.9 Å². The van der Waals surface area contributed by atoms with Crippen LogP contribution < -0.4 is 5.73 Å². The molecule has 2 rings (SSSR count). The second-order valence-corrected chi connectivity index (χ2v) is 5.06. The molecule has 0 radical (unpaired) electrons. The predicted molar refractivity (Wildman–Crippen MR) is 70.6 cm³/mol. The first kappa shape index (κ1) is 11.8. The molecular weight excluding hydrogens is 232 g/mol. The summed E-state index contributed by atoms with van der Waals surface area (Å²) in [5.41, 5.74) is 9.85. The minimum Gasteiger partial charge on any atom is -0.375 e. The maximum absolute atomic E-state index is 12.3. The molecule has 0 amide bonds. The number of carbonyl (C=O) groups is 1. The summed E-state index contributed by atoms with van der Waals surface area (Å²) < 4.78 is 0. The first-order valence-electron chi connectivity index (χ1n) is 5.32. The minimum atomic E-state index is -0.0482. The molecule has 3 nitrogen and oxygen atoms in total. The van der Waals surface area contributed by atoms with Crippen LogP contribution in [0.25, 0.3) is 0 Å². The third-order valence-electron chi connectivity index (χ3n) is 2.66. The van der Waals surface area contributed by atoms with Crippen molar-refractivity contribution >= 4 is 22.3 Å². The number of aromatic nitrogens is 1. The van der Waals surface area contributed by atoms with E-state index in [0.29, 0.717) is 10.8 Å². The molecule has 1 heterocycles. The SMILES string of the molecule is Cc1cc(C)c(C(=O)c2csc(N)n2)c(C)c1. The van der Waals surface area contributed by atoms with Crippen LogP contribution in [-0.2, 0) is 0 Å². The molecule has 0 saturated heterocycles. The largest absolute Gasteiger partial charge is 0.375 e. The van der Waals surface area contributed by atoms with E-state index in [1.54, 1.807) is 5.38 Å². The van der Waals surface area contributed by atoms with Crippen LogP contribution in [0, 0.1) is 20.8 Å². The van der Waals surface area contributed by atoms with Crippen molar-refractivity contribution in [1.29, 1.82) is 0 Å². The van der Waals surface area contributed by atoms with E-state index in [1.807, 2.05) is 32.9 Å². The summed E-state index contributed by atoms with van der Waals surface area (Å²) in [6, 6.07) is 4.02. The van der Waals surface area contributed by atoms with Crippen molar-refractivity contribution in [1.82, 2.24) is 4.98 Å². The van der Waals surface area contributed by atoms with Crippen LogP contribution in [0.1, 0.15) is 32.7 Å². The fourth-order valence-electron chi connectivity index (χ4n) is 2.06. The number of ketones is 1. The zero-order valence-corrected chi connectivity index (χ0v) is 10.9. The summed E-state index contributed by atoms with van der Waals surface area (Å²) in [5.74, 6) is -0.0482. The lowest BCUT2D eigenvalue weighted by atomic mass is 9.95. The highest BCUT2D eigenvalue weighted by atomic mass is 32.1. The van der Waals surface area contributed by atoms with E-state index in [2.05, 4.69) is 4.98 Å². The summed E-state index contributed by atoms with van der Waals surface area (Å²) in [6.07, 6.45) is 0. The molecule has 88 valence electrons. The lowest BCUT2D eigenvalue weighted by molar-refractivity contribution is 0.103. The Morgan fingerprint density at radius 2 is 1.82 bits per heavy atom. The average molecular weight is 246 g/mol. The normalized spacial score (nSPS) is 10.5. The van der Waals surface area contributed by atoms with Gasteiger partial charge in [-0.25, -0.2) is 4.98 Å². The highest BCUT2D eigenvalue weighted by molar-refractivity contribution is 7.13. The van der Waals surface area contributed by atoms with Crippen LogP contribution in [0.3, 0.4) is 0 Å². The van der Waals surface area contributed by atoms with Gasteiger partial charge in [0.05, 0.1) is 0 Å². The molecule has 0 bridgehead atoms. The highest BCUT2D eigenvalue weighted by Gasteiger charge is 2.17. The number of hydrogen-bond acceptors (Lipinski definition) is 4. The van der Waals surface area contributed by atoms with E-state index < -0.39 is 0 Å². The van der Waals surface area contributed by atoms with Gasteiger partial charge in [-0.3, -0.25) is 4.79 Å². The summed E-state index contributed by atoms with van der Waals surface area (Å²) in [5, 5.41) is 2.13. The van der Waals surface area contributed by atoms with Crippen LogP contribution in [0.5, 0.6) is 0 Å². The van der Waals surface area contributed by atoms with Gasteiger partial charge in [0.1, 0.15) is 5.69 Å². The monoisotopic (exact) mass is 246 g/mol. The highest BCUT2D eigenvalue weighted by Crippen LogP contribution is 2.21. The number of rotatable bonds is 2. The number of nitrogens with zero attached hydrogens (tertiary/aromatic N) is 1. The fourth-order valence-corrected chi connectivity index (χ4v) is 2.60. The zero-order valence-electron chi connectivity index (χ0n) is 10.1. The molecule has 0 unspecified atom stereocenters. The second kappa shape index (κ2) is 4.30. The van der Waals surface area contributed by atoms with Crippen LogP contribution >= 0.6 is 11.3 Å². The molecule has 0 aliphatic rings. The quantitative estimate of drug-likeness (QED) is 0.829. The maximum Gasteiger partial charge on any atom is 0.212 e. The topological polar surface area (TPSA) is 56.0 Å². The molecule has 4 heteroatoms. The summed E-state index contributed by atoms with van der Waals surface area (Å²) in [7, 11) is 0. The van der Waals surface area contributed by atoms with Crippen LogP contribution in [0.15, 0.2) is 17.5 Å². The third-order valence-corrected chi connectivity index (χ3v) is 3.33. The lowest BCUT2D eigenvalue weighted by Gasteiger charge is -2.08. The molecule has 0 saturated carbocycles. The second-order valence-electron chi connectivity index (χ2n) is 4.17. The van der Waals surface area contributed by atoms with Gasteiger partial charge >= 0.3 is 0 Å². The number of aryl methyl sites for hydroxylation is 3. The molecule has 0 aliphatic heterocycles. The van der Waals surface area contributed by atoms with Crippen LogP contribution in [0.4, 0.5) is 5.13 Å². The van der Waals surface area contributed by atoms with Gasteiger partial charge in [0.2, 0.25) is 5.78 Å². The van der Waals surface area contributed by atoms with Crippen molar-refractivity contribution in [3.05, 3.63) is 45.5 Å². The Bertz CT molecular complexity index is 564. The summed E-state index contributed by atoms with van der Waals surface area (Å²) >= 11 is 1.29.